The van der Waals surface area contributed by atoms with E-state index >= 15 is 0 Å². The van der Waals surface area contributed by atoms with Crippen molar-refractivity contribution < 1.29 is 4.74 Å². The van der Waals surface area contributed by atoms with Crippen LogP contribution in [-0.2, 0) is 11.3 Å². The number of halogens is 1. The maximum atomic E-state index is 5.44. The minimum absolute atomic E-state index is 0. The SMILES string of the molecule is CN=C(NCc1ccc(N2CCOCC2)cc1)N1CCC2(CCCCC2)C1.I. The molecule has 0 amide bonds. The number of rotatable bonds is 3. The van der Waals surface area contributed by atoms with Gasteiger partial charge in [-0.05, 0) is 42.4 Å². The van der Waals surface area contributed by atoms with Gasteiger partial charge in [-0.3, -0.25) is 4.99 Å². The van der Waals surface area contributed by atoms with Crippen molar-refractivity contribution in [3.05, 3.63) is 29.8 Å². The Labute approximate surface area is 186 Å². The summed E-state index contributed by atoms with van der Waals surface area (Å²) in [5.41, 5.74) is 3.17. The van der Waals surface area contributed by atoms with Crippen LogP contribution in [0.1, 0.15) is 44.1 Å². The first-order valence-corrected chi connectivity index (χ1v) is 10.7. The van der Waals surface area contributed by atoms with Crippen LogP contribution in [0, 0.1) is 5.41 Å². The van der Waals surface area contributed by atoms with Crippen molar-refractivity contribution in [3.63, 3.8) is 0 Å². The van der Waals surface area contributed by atoms with Gasteiger partial charge in [0.2, 0.25) is 0 Å². The van der Waals surface area contributed by atoms with E-state index in [-0.39, 0.29) is 24.0 Å². The Balaban J connectivity index is 0.00000225. The van der Waals surface area contributed by atoms with Crippen molar-refractivity contribution in [1.29, 1.82) is 0 Å². The second-order valence-electron chi connectivity index (χ2n) is 8.40. The van der Waals surface area contributed by atoms with Crippen molar-refractivity contribution in [2.45, 2.75) is 45.1 Å². The molecule has 1 aromatic rings. The molecule has 156 valence electrons. The average Bonchev–Trinajstić information content (AvgIpc) is 3.13. The molecule has 4 rings (SSSR count). The third-order valence-electron chi connectivity index (χ3n) is 6.63. The number of ether oxygens (including phenoxy) is 1. The molecule has 1 spiro atoms. The van der Waals surface area contributed by atoms with E-state index in [1.165, 1.54) is 56.3 Å². The number of benzene rings is 1. The number of aliphatic imine (C=N–C) groups is 1. The van der Waals surface area contributed by atoms with Crippen LogP contribution in [-0.4, -0.2) is 57.3 Å². The summed E-state index contributed by atoms with van der Waals surface area (Å²) >= 11 is 0. The highest BCUT2D eigenvalue weighted by atomic mass is 127. The van der Waals surface area contributed by atoms with Crippen molar-refractivity contribution in [2.24, 2.45) is 10.4 Å². The van der Waals surface area contributed by atoms with Gasteiger partial charge in [0.1, 0.15) is 0 Å². The molecular weight excluding hydrogens is 463 g/mol. The molecule has 1 aliphatic carbocycles. The molecule has 1 aromatic carbocycles. The van der Waals surface area contributed by atoms with Gasteiger partial charge in [0, 0.05) is 45.5 Å². The molecule has 3 aliphatic rings. The Kier molecular flexibility index (Phi) is 7.85. The van der Waals surface area contributed by atoms with Crippen molar-refractivity contribution in [3.8, 4) is 0 Å². The maximum absolute atomic E-state index is 5.44. The topological polar surface area (TPSA) is 40.1 Å². The summed E-state index contributed by atoms with van der Waals surface area (Å²) in [4.78, 5) is 9.44. The number of likely N-dealkylation sites (tertiary alicyclic amines) is 1. The number of hydrogen-bond acceptors (Lipinski definition) is 3. The van der Waals surface area contributed by atoms with Crippen LogP contribution in [0.15, 0.2) is 29.3 Å². The van der Waals surface area contributed by atoms with Crippen LogP contribution in [0.5, 0.6) is 0 Å². The first kappa shape index (κ1) is 21.7. The van der Waals surface area contributed by atoms with Crippen LogP contribution >= 0.6 is 24.0 Å². The predicted octanol–water partition coefficient (Wildman–Crippen LogP) is 3.87. The molecule has 0 aromatic heterocycles. The second kappa shape index (κ2) is 10.1. The molecule has 0 atom stereocenters. The van der Waals surface area contributed by atoms with Gasteiger partial charge < -0.3 is 19.9 Å². The quantitative estimate of drug-likeness (QED) is 0.390. The first-order chi connectivity index (χ1) is 13.3. The fraction of sp³-hybridized carbons (Fsp3) is 0.682. The van der Waals surface area contributed by atoms with Gasteiger partial charge in [-0.2, -0.15) is 0 Å². The maximum Gasteiger partial charge on any atom is 0.193 e. The van der Waals surface area contributed by atoms with Crippen LogP contribution < -0.4 is 10.2 Å². The van der Waals surface area contributed by atoms with E-state index in [4.69, 9.17) is 4.74 Å². The van der Waals surface area contributed by atoms with Crippen LogP contribution in [0.2, 0.25) is 0 Å². The average molecular weight is 498 g/mol. The molecule has 0 unspecified atom stereocenters. The zero-order chi connectivity index (χ0) is 18.5. The van der Waals surface area contributed by atoms with Crippen LogP contribution in [0.4, 0.5) is 5.69 Å². The lowest BCUT2D eigenvalue weighted by Crippen LogP contribution is -2.41. The summed E-state index contributed by atoms with van der Waals surface area (Å²) in [5, 5.41) is 3.59. The highest BCUT2D eigenvalue weighted by Crippen LogP contribution is 2.43. The molecule has 28 heavy (non-hydrogen) atoms. The zero-order valence-electron chi connectivity index (χ0n) is 17.2. The predicted molar refractivity (Wildman–Crippen MR) is 127 cm³/mol. The molecule has 1 saturated carbocycles. The lowest BCUT2D eigenvalue weighted by Gasteiger charge is -2.33. The highest BCUT2D eigenvalue weighted by molar-refractivity contribution is 14.0. The summed E-state index contributed by atoms with van der Waals surface area (Å²) in [6.45, 7) is 6.80. The van der Waals surface area contributed by atoms with Crippen LogP contribution in [0.25, 0.3) is 0 Å². The van der Waals surface area contributed by atoms with Gasteiger partial charge in [-0.25, -0.2) is 0 Å². The van der Waals surface area contributed by atoms with E-state index in [0.717, 1.165) is 45.4 Å². The number of morpholine rings is 1. The van der Waals surface area contributed by atoms with E-state index in [9.17, 15) is 0 Å². The van der Waals surface area contributed by atoms with Gasteiger partial charge in [0.05, 0.1) is 13.2 Å². The van der Waals surface area contributed by atoms with Gasteiger partial charge in [-0.1, -0.05) is 31.4 Å². The number of hydrogen-bond donors (Lipinski definition) is 1. The molecule has 5 nitrogen and oxygen atoms in total. The molecule has 1 N–H and O–H groups in total. The van der Waals surface area contributed by atoms with Crippen LogP contribution in [0.3, 0.4) is 0 Å². The molecule has 0 radical (unpaired) electrons. The zero-order valence-corrected chi connectivity index (χ0v) is 19.5. The van der Waals surface area contributed by atoms with Gasteiger partial charge in [0.25, 0.3) is 0 Å². The monoisotopic (exact) mass is 498 g/mol. The van der Waals surface area contributed by atoms with E-state index < -0.39 is 0 Å². The number of guanidine groups is 1. The van der Waals surface area contributed by atoms with Crippen molar-refractivity contribution >= 4 is 35.6 Å². The minimum Gasteiger partial charge on any atom is -0.378 e. The molecule has 3 fully saturated rings. The van der Waals surface area contributed by atoms with E-state index in [1.54, 1.807) is 0 Å². The van der Waals surface area contributed by atoms with E-state index in [1.807, 2.05) is 7.05 Å². The summed E-state index contributed by atoms with van der Waals surface area (Å²) in [5.74, 6) is 1.06. The Bertz CT molecular complexity index is 636. The number of nitrogens with zero attached hydrogens (tertiary/aromatic N) is 3. The fourth-order valence-electron chi connectivity index (χ4n) is 4.99. The fourth-order valence-corrected chi connectivity index (χ4v) is 4.99. The molecule has 0 bridgehead atoms. The Morgan fingerprint density at radius 3 is 2.43 bits per heavy atom. The summed E-state index contributed by atoms with van der Waals surface area (Å²) in [7, 11) is 1.91. The molecule has 2 heterocycles. The van der Waals surface area contributed by atoms with Gasteiger partial charge >= 0.3 is 0 Å². The molecule has 2 saturated heterocycles. The molecule has 6 heteroatoms. The Morgan fingerprint density at radius 1 is 1.04 bits per heavy atom. The molecular formula is C22H35IN4O. The lowest BCUT2D eigenvalue weighted by molar-refractivity contribution is 0.122. The number of anilines is 1. The third kappa shape index (κ3) is 5.12. The third-order valence-corrected chi connectivity index (χ3v) is 6.63. The van der Waals surface area contributed by atoms with Gasteiger partial charge in [0.15, 0.2) is 5.96 Å². The Morgan fingerprint density at radius 2 is 1.75 bits per heavy atom. The highest BCUT2D eigenvalue weighted by Gasteiger charge is 2.39. The summed E-state index contributed by atoms with van der Waals surface area (Å²) in [6, 6.07) is 8.94. The normalized spacial score (nSPS) is 22.2. The molecule has 2 aliphatic heterocycles. The van der Waals surface area contributed by atoms with E-state index in [0.29, 0.717) is 5.41 Å². The first-order valence-electron chi connectivity index (χ1n) is 10.7. The minimum atomic E-state index is 0. The summed E-state index contributed by atoms with van der Waals surface area (Å²) in [6.07, 6.45) is 8.40. The standard InChI is InChI=1S/C22H34N4O.HI/c1-23-21(26-12-11-22(18-26)9-3-2-4-10-22)24-17-19-5-7-20(8-6-19)25-13-15-27-16-14-25;/h5-8H,2-4,9-18H2,1H3,(H,23,24);1H. The second-order valence-corrected chi connectivity index (χ2v) is 8.40. The lowest BCUT2D eigenvalue weighted by atomic mass is 9.73. The smallest absolute Gasteiger partial charge is 0.193 e. The summed E-state index contributed by atoms with van der Waals surface area (Å²) < 4.78 is 5.44. The Hall–Kier alpha value is -1.02. The largest absolute Gasteiger partial charge is 0.378 e. The van der Waals surface area contributed by atoms with Gasteiger partial charge in [-0.15, -0.1) is 24.0 Å². The number of nitrogens with one attached hydrogen (secondary N) is 1. The van der Waals surface area contributed by atoms with Crippen molar-refractivity contribution in [2.75, 3.05) is 51.3 Å². The van der Waals surface area contributed by atoms with Crippen molar-refractivity contribution in [1.82, 2.24) is 10.2 Å². The van der Waals surface area contributed by atoms with E-state index in [2.05, 4.69) is 44.4 Å².